The zero-order chi connectivity index (χ0) is 12.3. The summed E-state index contributed by atoms with van der Waals surface area (Å²) in [5, 5.41) is 13.8. The lowest BCUT2D eigenvalue weighted by molar-refractivity contribution is -0.388. The van der Waals surface area contributed by atoms with E-state index in [0.29, 0.717) is 18.2 Å². The van der Waals surface area contributed by atoms with Crippen molar-refractivity contribution in [2.45, 2.75) is 20.8 Å². The summed E-state index contributed by atoms with van der Waals surface area (Å²) in [6.07, 6.45) is 1.96. The number of anilines is 1. The van der Waals surface area contributed by atoms with Gasteiger partial charge in [0.2, 0.25) is 11.6 Å². The van der Waals surface area contributed by atoms with Crippen molar-refractivity contribution in [2.24, 2.45) is 7.05 Å². The summed E-state index contributed by atoms with van der Waals surface area (Å²) in [4.78, 5) is 14.2. The van der Waals surface area contributed by atoms with Crippen LogP contribution in [0.15, 0.2) is 11.6 Å². The highest BCUT2D eigenvalue weighted by Crippen LogP contribution is 2.23. The maximum absolute atomic E-state index is 10.8. The Morgan fingerprint density at radius 1 is 1.62 bits per heavy atom. The van der Waals surface area contributed by atoms with E-state index in [1.165, 1.54) is 0 Å². The molecule has 1 heterocycles. The first kappa shape index (κ1) is 12.2. The molecule has 0 aliphatic heterocycles. The minimum Gasteiger partial charge on any atom is -0.361 e. The molecular weight excluding hydrogens is 208 g/mol. The van der Waals surface area contributed by atoms with Crippen LogP contribution in [0.3, 0.4) is 0 Å². The number of hydrogen-bond donors (Lipinski definition) is 1. The Morgan fingerprint density at radius 2 is 2.25 bits per heavy atom. The molecule has 0 aromatic carbocycles. The lowest BCUT2D eigenvalue weighted by atomic mass is 10.3. The fourth-order valence-corrected chi connectivity index (χ4v) is 1.27. The smallest absolute Gasteiger partial charge is 0.361 e. The predicted octanol–water partition coefficient (Wildman–Crippen LogP) is 2.01. The van der Waals surface area contributed by atoms with Crippen molar-refractivity contribution >= 4 is 11.6 Å². The van der Waals surface area contributed by atoms with Gasteiger partial charge in [-0.3, -0.25) is 4.57 Å². The van der Waals surface area contributed by atoms with Gasteiger partial charge in [-0.1, -0.05) is 11.6 Å². The van der Waals surface area contributed by atoms with Crippen molar-refractivity contribution < 1.29 is 4.92 Å². The van der Waals surface area contributed by atoms with Gasteiger partial charge in [-0.2, -0.15) is 0 Å². The Morgan fingerprint density at radius 3 is 2.75 bits per heavy atom. The molecule has 1 N–H and O–H groups in total. The van der Waals surface area contributed by atoms with E-state index in [2.05, 4.69) is 10.3 Å². The summed E-state index contributed by atoms with van der Waals surface area (Å²) in [6, 6.07) is 0. The Kier molecular flexibility index (Phi) is 3.65. The van der Waals surface area contributed by atoms with Crippen LogP contribution in [0.5, 0.6) is 0 Å². The molecule has 0 atom stereocenters. The Balaban J connectivity index is 2.93. The van der Waals surface area contributed by atoms with E-state index < -0.39 is 4.92 Å². The zero-order valence-electron chi connectivity index (χ0n) is 9.94. The standard InChI is InChI=1S/C10H16N4O2/c1-7(2)5-6-11-9-10(14(15)16)12-8(3)13(9)4/h5,11H,6H2,1-4H3. The van der Waals surface area contributed by atoms with E-state index in [0.717, 1.165) is 5.57 Å². The molecule has 0 unspecified atom stereocenters. The van der Waals surface area contributed by atoms with Crippen LogP contribution in [0.4, 0.5) is 11.6 Å². The molecule has 0 saturated carbocycles. The Labute approximate surface area is 94.1 Å². The van der Waals surface area contributed by atoms with E-state index in [1.807, 2.05) is 19.9 Å². The van der Waals surface area contributed by atoms with Crippen molar-refractivity contribution in [3.63, 3.8) is 0 Å². The molecule has 1 aromatic heterocycles. The van der Waals surface area contributed by atoms with Gasteiger partial charge < -0.3 is 15.4 Å². The molecule has 16 heavy (non-hydrogen) atoms. The Bertz CT molecular complexity index is 430. The van der Waals surface area contributed by atoms with Crippen molar-refractivity contribution in [1.29, 1.82) is 0 Å². The first-order valence-electron chi connectivity index (χ1n) is 4.98. The molecule has 0 aliphatic carbocycles. The second-order valence-electron chi connectivity index (χ2n) is 3.81. The second kappa shape index (κ2) is 4.78. The van der Waals surface area contributed by atoms with Crippen LogP contribution >= 0.6 is 0 Å². The highest BCUT2D eigenvalue weighted by molar-refractivity contribution is 5.53. The van der Waals surface area contributed by atoms with E-state index in [-0.39, 0.29) is 5.82 Å². The van der Waals surface area contributed by atoms with Gasteiger partial charge in [0.05, 0.1) is 0 Å². The number of nitrogens with one attached hydrogen (secondary N) is 1. The highest BCUT2D eigenvalue weighted by atomic mass is 16.6. The number of imidazole rings is 1. The van der Waals surface area contributed by atoms with Crippen molar-refractivity contribution in [3.05, 3.63) is 27.6 Å². The maximum atomic E-state index is 10.8. The van der Waals surface area contributed by atoms with Crippen molar-refractivity contribution in [2.75, 3.05) is 11.9 Å². The van der Waals surface area contributed by atoms with Gasteiger partial charge in [0.25, 0.3) is 0 Å². The molecule has 88 valence electrons. The molecule has 0 amide bonds. The van der Waals surface area contributed by atoms with E-state index in [9.17, 15) is 10.1 Å². The summed E-state index contributed by atoms with van der Waals surface area (Å²) in [6.45, 7) is 6.25. The number of aromatic nitrogens is 2. The molecule has 0 fully saturated rings. The second-order valence-corrected chi connectivity index (χ2v) is 3.81. The summed E-state index contributed by atoms with van der Waals surface area (Å²) in [7, 11) is 1.75. The average molecular weight is 224 g/mol. The van der Waals surface area contributed by atoms with Gasteiger partial charge in [0, 0.05) is 20.5 Å². The van der Waals surface area contributed by atoms with Crippen LogP contribution in [0.1, 0.15) is 19.7 Å². The number of nitrogens with zero attached hydrogens (tertiary/aromatic N) is 3. The van der Waals surface area contributed by atoms with E-state index in [4.69, 9.17) is 0 Å². The molecule has 0 aliphatic rings. The van der Waals surface area contributed by atoms with Crippen molar-refractivity contribution in [3.8, 4) is 0 Å². The summed E-state index contributed by atoms with van der Waals surface area (Å²) in [5.41, 5.74) is 1.16. The molecular formula is C10H16N4O2. The minimum atomic E-state index is -0.474. The summed E-state index contributed by atoms with van der Waals surface area (Å²) < 4.78 is 1.68. The number of allylic oxidation sites excluding steroid dienone is 1. The largest absolute Gasteiger partial charge is 0.406 e. The predicted molar refractivity (Wildman–Crippen MR) is 62.5 cm³/mol. The van der Waals surface area contributed by atoms with Gasteiger partial charge in [-0.05, 0) is 23.8 Å². The third-order valence-corrected chi connectivity index (χ3v) is 2.25. The van der Waals surface area contributed by atoms with E-state index in [1.54, 1.807) is 18.5 Å². The van der Waals surface area contributed by atoms with Gasteiger partial charge in [-0.25, -0.2) is 0 Å². The van der Waals surface area contributed by atoms with Gasteiger partial charge >= 0.3 is 5.82 Å². The fourth-order valence-electron chi connectivity index (χ4n) is 1.27. The SMILES string of the molecule is CC(C)=CCNc1c([N+](=O)[O-])nc(C)n1C. The first-order chi connectivity index (χ1) is 7.43. The lowest BCUT2D eigenvalue weighted by Crippen LogP contribution is -2.06. The van der Waals surface area contributed by atoms with Crippen LogP contribution in [-0.4, -0.2) is 21.0 Å². The average Bonchev–Trinajstić information content (AvgIpc) is 2.45. The van der Waals surface area contributed by atoms with Crippen LogP contribution in [0, 0.1) is 17.0 Å². The first-order valence-corrected chi connectivity index (χ1v) is 4.98. The number of aryl methyl sites for hydroxylation is 1. The van der Waals surface area contributed by atoms with Crippen LogP contribution in [-0.2, 0) is 7.05 Å². The molecule has 0 saturated heterocycles. The van der Waals surface area contributed by atoms with Crippen LogP contribution in [0.2, 0.25) is 0 Å². The van der Waals surface area contributed by atoms with E-state index >= 15 is 0 Å². The molecule has 0 bridgehead atoms. The third-order valence-electron chi connectivity index (χ3n) is 2.25. The van der Waals surface area contributed by atoms with Gasteiger partial charge in [0.15, 0.2) is 0 Å². The molecule has 6 heteroatoms. The number of rotatable bonds is 4. The van der Waals surface area contributed by atoms with Crippen LogP contribution < -0.4 is 5.32 Å². The maximum Gasteiger partial charge on any atom is 0.406 e. The lowest BCUT2D eigenvalue weighted by Gasteiger charge is -2.03. The van der Waals surface area contributed by atoms with Gasteiger partial charge in [0.1, 0.15) is 0 Å². The minimum absolute atomic E-state index is 0.123. The van der Waals surface area contributed by atoms with Crippen molar-refractivity contribution in [1.82, 2.24) is 9.55 Å². The van der Waals surface area contributed by atoms with Crippen LogP contribution in [0.25, 0.3) is 0 Å². The topological polar surface area (TPSA) is 73.0 Å². The molecule has 0 radical (unpaired) electrons. The number of hydrogen-bond acceptors (Lipinski definition) is 4. The third kappa shape index (κ3) is 2.59. The summed E-state index contributed by atoms with van der Waals surface area (Å²) >= 11 is 0. The molecule has 6 nitrogen and oxygen atoms in total. The normalized spacial score (nSPS) is 10.0. The molecule has 1 aromatic rings. The quantitative estimate of drug-likeness (QED) is 0.482. The zero-order valence-corrected chi connectivity index (χ0v) is 9.94. The monoisotopic (exact) mass is 224 g/mol. The molecule has 0 spiro atoms. The fraction of sp³-hybridized carbons (Fsp3) is 0.500. The summed E-state index contributed by atoms with van der Waals surface area (Å²) in [5.74, 6) is 0.938. The molecule has 1 rings (SSSR count). The number of nitro groups is 1. The van der Waals surface area contributed by atoms with Gasteiger partial charge in [-0.15, -0.1) is 0 Å². The Hall–Kier alpha value is -1.85. The highest BCUT2D eigenvalue weighted by Gasteiger charge is 2.22.